The molecular formula is C11H14N2OS. The third-order valence-corrected chi connectivity index (χ3v) is 3.26. The van der Waals surface area contributed by atoms with Crippen molar-refractivity contribution in [3.05, 3.63) is 40.5 Å². The summed E-state index contributed by atoms with van der Waals surface area (Å²) in [6, 6.07) is 6.00. The first kappa shape index (κ1) is 10.3. The van der Waals surface area contributed by atoms with E-state index >= 15 is 0 Å². The number of nitrogen functional groups attached to an aromatic ring is 1. The van der Waals surface area contributed by atoms with Gasteiger partial charge in [-0.1, -0.05) is 0 Å². The molecule has 2 heterocycles. The van der Waals surface area contributed by atoms with E-state index in [1.54, 1.807) is 17.6 Å². The standard InChI is InChI=1S/C11H14N2OS/c1-8(10-3-2-5-14-10)13-7-11-9(12)4-6-15-11/h2-6,8,13H,7,12H2,1H3/t8-/m1/s1. The Morgan fingerprint density at radius 1 is 1.53 bits per heavy atom. The van der Waals surface area contributed by atoms with Gasteiger partial charge in [-0.25, -0.2) is 0 Å². The number of nitrogens with two attached hydrogens (primary N) is 1. The molecule has 0 aliphatic carbocycles. The molecule has 0 radical (unpaired) electrons. The summed E-state index contributed by atoms with van der Waals surface area (Å²) in [6.07, 6.45) is 1.69. The Morgan fingerprint density at radius 3 is 3.00 bits per heavy atom. The molecule has 4 heteroatoms. The summed E-state index contributed by atoms with van der Waals surface area (Å²) in [5.41, 5.74) is 6.65. The van der Waals surface area contributed by atoms with Crippen LogP contribution in [0.5, 0.6) is 0 Å². The highest BCUT2D eigenvalue weighted by atomic mass is 32.1. The van der Waals surface area contributed by atoms with Crippen LogP contribution in [-0.2, 0) is 6.54 Å². The van der Waals surface area contributed by atoms with Crippen LogP contribution in [-0.4, -0.2) is 0 Å². The molecule has 2 aromatic rings. The Balaban J connectivity index is 1.91. The maximum absolute atomic E-state index is 5.79. The zero-order chi connectivity index (χ0) is 10.7. The Bertz CT molecular complexity index is 408. The van der Waals surface area contributed by atoms with Gasteiger partial charge in [-0.3, -0.25) is 0 Å². The second-order valence-corrected chi connectivity index (χ2v) is 4.42. The van der Waals surface area contributed by atoms with Gasteiger partial charge in [-0.15, -0.1) is 11.3 Å². The molecule has 3 nitrogen and oxygen atoms in total. The minimum Gasteiger partial charge on any atom is -0.468 e. The normalized spacial score (nSPS) is 12.9. The van der Waals surface area contributed by atoms with Crippen LogP contribution >= 0.6 is 11.3 Å². The van der Waals surface area contributed by atoms with Gasteiger partial charge >= 0.3 is 0 Å². The fraction of sp³-hybridized carbons (Fsp3) is 0.273. The highest BCUT2D eigenvalue weighted by molar-refractivity contribution is 7.10. The van der Waals surface area contributed by atoms with E-state index in [0.29, 0.717) is 0 Å². The van der Waals surface area contributed by atoms with Crippen LogP contribution in [0.4, 0.5) is 5.69 Å². The number of anilines is 1. The van der Waals surface area contributed by atoms with Gasteiger partial charge in [0.05, 0.1) is 12.3 Å². The first-order valence-electron chi connectivity index (χ1n) is 4.86. The van der Waals surface area contributed by atoms with Gasteiger partial charge in [0.1, 0.15) is 5.76 Å². The van der Waals surface area contributed by atoms with Crippen LogP contribution in [0.1, 0.15) is 23.6 Å². The highest BCUT2D eigenvalue weighted by Gasteiger charge is 2.08. The first-order chi connectivity index (χ1) is 7.27. The zero-order valence-corrected chi connectivity index (χ0v) is 9.38. The van der Waals surface area contributed by atoms with Crippen molar-refractivity contribution < 1.29 is 4.42 Å². The van der Waals surface area contributed by atoms with E-state index in [1.165, 1.54) is 4.88 Å². The van der Waals surface area contributed by atoms with E-state index in [2.05, 4.69) is 12.2 Å². The molecule has 15 heavy (non-hydrogen) atoms. The Morgan fingerprint density at radius 2 is 2.40 bits per heavy atom. The summed E-state index contributed by atoms with van der Waals surface area (Å²) in [5.74, 6) is 0.949. The predicted octanol–water partition coefficient (Wildman–Crippen LogP) is 2.77. The van der Waals surface area contributed by atoms with Crippen molar-refractivity contribution in [2.45, 2.75) is 19.5 Å². The van der Waals surface area contributed by atoms with Crippen molar-refractivity contribution in [2.75, 3.05) is 5.73 Å². The smallest absolute Gasteiger partial charge is 0.120 e. The van der Waals surface area contributed by atoms with Gasteiger partial charge < -0.3 is 15.5 Å². The van der Waals surface area contributed by atoms with Crippen LogP contribution in [0.15, 0.2) is 34.3 Å². The van der Waals surface area contributed by atoms with Gasteiger partial charge in [-0.05, 0) is 30.5 Å². The molecule has 0 bridgehead atoms. The summed E-state index contributed by atoms with van der Waals surface area (Å²) >= 11 is 1.67. The first-order valence-corrected chi connectivity index (χ1v) is 5.74. The second kappa shape index (κ2) is 4.51. The average Bonchev–Trinajstić information content (AvgIpc) is 2.85. The number of furan rings is 1. The van der Waals surface area contributed by atoms with Gasteiger partial charge in [0.15, 0.2) is 0 Å². The number of hydrogen-bond acceptors (Lipinski definition) is 4. The van der Waals surface area contributed by atoms with E-state index in [9.17, 15) is 0 Å². The lowest BCUT2D eigenvalue weighted by atomic mass is 10.2. The number of thiophene rings is 1. The average molecular weight is 222 g/mol. The summed E-state index contributed by atoms with van der Waals surface area (Å²) < 4.78 is 5.31. The molecule has 0 saturated heterocycles. The number of rotatable bonds is 4. The van der Waals surface area contributed by atoms with Gasteiger partial charge in [0.25, 0.3) is 0 Å². The third kappa shape index (κ3) is 2.40. The monoisotopic (exact) mass is 222 g/mol. The lowest BCUT2D eigenvalue weighted by molar-refractivity contribution is 0.431. The topological polar surface area (TPSA) is 51.2 Å². The SMILES string of the molecule is C[C@@H](NCc1sccc1N)c1ccco1. The third-order valence-electron chi connectivity index (χ3n) is 2.32. The summed E-state index contributed by atoms with van der Waals surface area (Å²) in [6.45, 7) is 2.86. The molecule has 2 rings (SSSR count). The van der Waals surface area contributed by atoms with Gasteiger partial charge in [0.2, 0.25) is 0 Å². The molecule has 0 aliphatic rings. The molecule has 80 valence electrons. The van der Waals surface area contributed by atoms with Crippen molar-refractivity contribution in [1.29, 1.82) is 0 Å². The predicted molar refractivity (Wildman–Crippen MR) is 62.7 cm³/mol. The lowest BCUT2D eigenvalue weighted by Gasteiger charge is -2.10. The fourth-order valence-corrected chi connectivity index (χ4v) is 2.13. The molecule has 0 spiro atoms. The molecular weight excluding hydrogens is 208 g/mol. The summed E-state index contributed by atoms with van der Waals surface area (Å²) in [5, 5.41) is 5.37. The Hall–Kier alpha value is -1.26. The lowest BCUT2D eigenvalue weighted by Crippen LogP contribution is -2.17. The van der Waals surface area contributed by atoms with Crippen molar-refractivity contribution in [2.24, 2.45) is 0 Å². The molecule has 1 atom stereocenters. The molecule has 2 aromatic heterocycles. The highest BCUT2D eigenvalue weighted by Crippen LogP contribution is 2.20. The molecule has 0 amide bonds. The number of hydrogen-bond donors (Lipinski definition) is 2. The van der Waals surface area contributed by atoms with Crippen LogP contribution in [0.2, 0.25) is 0 Å². The largest absolute Gasteiger partial charge is 0.468 e. The van der Waals surface area contributed by atoms with Crippen LogP contribution in [0.25, 0.3) is 0 Å². The van der Waals surface area contributed by atoms with E-state index in [-0.39, 0.29) is 6.04 Å². The van der Waals surface area contributed by atoms with Crippen molar-refractivity contribution >= 4 is 17.0 Å². The molecule has 0 saturated carbocycles. The van der Waals surface area contributed by atoms with Crippen molar-refractivity contribution in [3.63, 3.8) is 0 Å². The van der Waals surface area contributed by atoms with E-state index in [0.717, 1.165) is 18.0 Å². The maximum Gasteiger partial charge on any atom is 0.120 e. The van der Waals surface area contributed by atoms with E-state index in [1.807, 2.05) is 23.6 Å². The molecule has 0 aliphatic heterocycles. The second-order valence-electron chi connectivity index (χ2n) is 3.42. The Labute approximate surface area is 92.9 Å². The van der Waals surface area contributed by atoms with Crippen LogP contribution < -0.4 is 11.1 Å². The molecule has 3 N–H and O–H groups in total. The zero-order valence-electron chi connectivity index (χ0n) is 8.57. The van der Waals surface area contributed by atoms with Crippen LogP contribution in [0, 0.1) is 0 Å². The van der Waals surface area contributed by atoms with Crippen molar-refractivity contribution in [3.8, 4) is 0 Å². The van der Waals surface area contributed by atoms with Gasteiger partial charge in [-0.2, -0.15) is 0 Å². The van der Waals surface area contributed by atoms with Crippen LogP contribution in [0.3, 0.4) is 0 Å². The molecule has 0 aromatic carbocycles. The molecule has 0 unspecified atom stereocenters. The minimum atomic E-state index is 0.210. The minimum absolute atomic E-state index is 0.210. The fourth-order valence-electron chi connectivity index (χ4n) is 1.38. The number of nitrogens with one attached hydrogen (secondary N) is 1. The Kier molecular flexibility index (Phi) is 3.08. The van der Waals surface area contributed by atoms with E-state index < -0.39 is 0 Å². The summed E-state index contributed by atoms with van der Waals surface area (Å²) in [7, 11) is 0. The molecule has 0 fully saturated rings. The maximum atomic E-state index is 5.79. The quantitative estimate of drug-likeness (QED) is 0.836. The van der Waals surface area contributed by atoms with Gasteiger partial charge in [0, 0.05) is 17.1 Å². The van der Waals surface area contributed by atoms with Crippen molar-refractivity contribution in [1.82, 2.24) is 5.32 Å². The summed E-state index contributed by atoms with van der Waals surface area (Å²) in [4.78, 5) is 1.17. The van der Waals surface area contributed by atoms with E-state index in [4.69, 9.17) is 10.2 Å².